The van der Waals surface area contributed by atoms with Crippen LogP contribution in [-0.4, -0.2) is 39.1 Å². The van der Waals surface area contributed by atoms with Crippen LogP contribution in [0.15, 0.2) is 18.2 Å². The van der Waals surface area contributed by atoms with E-state index in [1.165, 1.54) is 0 Å². The molecule has 19 heavy (non-hydrogen) atoms. The third kappa shape index (κ3) is 4.92. The lowest BCUT2D eigenvalue weighted by Crippen LogP contribution is -2.38. The average molecular weight is 284 g/mol. The summed E-state index contributed by atoms with van der Waals surface area (Å²) in [6.45, 7) is 2.58. The first-order chi connectivity index (χ1) is 9.10. The number of hydrogen-bond acceptors (Lipinski definition) is 4. The van der Waals surface area contributed by atoms with Gasteiger partial charge >= 0.3 is 0 Å². The molecule has 0 saturated carbocycles. The topological polar surface area (TPSA) is 51.8 Å². The van der Waals surface area contributed by atoms with E-state index >= 15 is 0 Å². The minimum absolute atomic E-state index is 0.144. The third-order valence-corrected chi connectivity index (χ3v) is 2.66. The molecule has 1 aromatic rings. The molecule has 1 atom stereocenters. The van der Waals surface area contributed by atoms with Gasteiger partial charge in [0, 0.05) is 24.9 Å². The molecule has 0 radical (unpaired) electrons. The van der Waals surface area contributed by atoms with Gasteiger partial charge in [0.05, 0.1) is 20.8 Å². The minimum Gasteiger partial charge on any atom is -0.493 e. The summed E-state index contributed by atoms with van der Waals surface area (Å²) in [7, 11) is 4.85. The molecule has 106 valence electrons. The molecule has 1 aromatic carbocycles. The summed E-state index contributed by atoms with van der Waals surface area (Å²) in [5, 5.41) is 6.74. The molecule has 0 aliphatic heterocycles. The molecule has 1 unspecified atom stereocenters. The van der Waals surface area contributed by atoms with Gasteiger partial charge in [0.2, 0.25) is 0 Å². The Morgan fingerprint density at radius 2 is 1.89 bits per heavy atom. The number of rotatable bonds is 6. The van der Waals surface area contributed by atoms with Crippen LogP contribution >= 0.6 is 12.2 Å². The lowest BCUT2D eigenvalue weighted by atomic mass is 10.3. The van der Waals surface area contributed by atoms with Gasteiger partial charge in [-0.3, -0.25) is 0 Å². The summed E-state index contributed by atoms with van der Waals surface area (Å²) in [5.41, 5.74) is 0.833. The highest BCUT2D eigenvalue weighted by molar-refractivity contribution is 7.80. The van der Waals surface area contributed by atoms with Crippen LogP contribution in [0.5, 0.6) is 11.5 Å². The van der Waals surface area contributed by atoms with Gasteiger partial charge in [-0.25, -0.2) is 0 Å². The molecule has 0 spiro atoms. The first-order valence-corrected chi connectivity index (χ1v) is 6.30. The molecule has 0 bridgehead atoms. The fraction of sp³-hybridized carbons (Fsp3) is 0.462. The van der Waals surface area contributed by atoms with Crippen molar-refractivity contribution in [1.29, 1.82) is 0 Å². The molecule has 0 amide bonds. The predicted molar refractivity (Wildman–Crippen MR) is 80.2 cm³/mol. The first-order valence-electron chi connectivity index (χ1n) is 5.89. The molecule has 0 fully saturated rings. The molecule has 0 aliphatic carbocycles. The highest BCUT2D eigenvalue weighted by atomic mass is 32.1. The quantitative estimate of drug-likeness (QED) is 0.780. The van der Waals surface area contributed by atoms with E-state index in [4.69, 9.17) is 26.4 Å². The van der Waals surface area contributed by atoms with Gasteiger partial charge in [0.15, 0.2) is 16.6 Å². The van der Waals surface area contributed by atoms with Crippen LogP contribution in [0.3, 0.4) is 0 Å². The van der Waals surface area contributed by atoms with Gasteiger partial charge < -0.3 is 24.8 Å². The van der Waals surface area contributed by atoms with Gasteiger partial charge in [-0.1, -0.05) is 0 Å². The molecule has 5 nitrogen and oxygen atoms in total. The van der Waals surface area contributed by atoms with E-state index in [2.05, 4.69) is 10.6 Å². The van der Waals surface area contributed by atoms with Crippen molar-refractivity contribution in [3.63, 3.8) is 0 Å². The van der Waals surface area contributed by atoms with Gasteiger partial charge in [0.25, 0.3) is 0 Å². The number of anilines is 1. The van der Waals surface area contributed by atoms with Crippen molar-refractivity contribution in [3.8, 4) is 11.5 Å². The Kier molecular flexibility index (Phi) is 6.38. The summed E-state index contributed by atoms with van der Waals surface area (Å²) in [4.78, 5) is 0. The Morgan fingerprint density at radius 3 is 2.47 bits per heavy atom. The SMILES string of the molecule is COCC(C)NC(=S)Nc1ccc(OC)c(OC)c1. The largest absolute Gasteiger partial charge is 0.493 e. The Morgan fingerprint density at radius 1 is 1.21 bits per heavy atom. The Balaban J connectivity index is 2.64. The van der Waals surface area contributed by atoms with Crippen molar-refractivity contribution in [1.82, 2.24) is 5.32 Å². The summed E-state index contributed by atoms with van der Waals surface area (Å²) >= 11 is 5.22. The van der Waals surface area contributed by atoms with Crippen LogP contribution in [0, 0.1) is 0 Å². The molecule has 0 aromatic heterocycles. The number of hydrogen-bond donors (Lipinski definition) is 2. The first kappa shape index (κ1) is 15.5. The van der Waals surface area contributed by atoms with Crippen molar-refractivity contribution in [3.05, 3.63) is 18.2 Å². The van der Waals surface area contributed by atoms with Crippen molar-refractivity contribution in [2.24, 2.45) is 0 Å². The van der Waals surface area contributed by atoms with E-state index in [1.54, 1.807) is 21.3 Å². The second-order valence-electron chi connectivity index (χ2n) is 4.02. The van der Waals surface area contributed by atoms with Crippen LogP contribution in [0.4, 0.5) is 5.69 Å². The molecule has 2 N–H and O–H groups in total. The monoisotopic (exact) mass is 284 g/mol. The molecule has 6 heteroatoms. The van der Waals surface area contributed by atoms with E-state index in [0.717, 1.165) is 5.69 Å². The normalized spacial score (nSPS) is 11.6. The lowest BCUT2D eigenvalue weighted by Gasteiger charge is -2.17. The van der Waals surface area contributed by atoms with Gasteiger partial charge in [-0.05, 0) is 31.3 Å². The summed E-state index contributed by atoms with van der Waals surface area (Å²) < 4.78 is 15.4. The third-order valence-electron chi connectivity index (χ3n) is 2.44. The van der Waals surface area contributed by atoms with Crippen molar-refractivity contribution in [2.75, 3.05) is 33.3 Å². The number of ether oxygens (including phenoxy) is 3. The fourth-order valence-electron chi connectivity index (χ4n) is 1.60. The van der Waals surface area contributed by atoms with Crippen molar-refractivity contribution >= 4 is 23.0 Å². The number of nitrogens with one attached hydrogen (secondary N) is 2. The number of thiocarbonyl (C=S) groups is 1. The molecule has 1 rings (SSSR count). The van der Waals surface area contributed by atoms with E-state index in [-0.39, 0.29) is 6.04 Å². The highest BCUT2D eigenvalue weighted by Gasteiger charge is 2.07. The van der Waals surface area contributed by atoms with Crippen molar-refractivity contribution < 1.29 is 14.2 Å². The highest BCUT2D eigenvalue weighted by Crippen LogP contribution is 2.29. The zero-order chi connectivity index (χ0) is 14.3. The van der Waals surface area contributed by atoms with Gasteiger partial charge in [-0.15, -0.1) is 0 Å². The van der Waals surface area contributed by atoms with Gasteiger partial charge in [0.1, 0.15) is 0 Å². The molecule has 0 saturated heterocycles. The molecule has 0 aliphatic rings. The predicted octanol–water partition coefficient (Wildman–Crippen LogP) is 2.03. The van der Waals surface area contributed by atoms with Crippen LogP contribution in [0.25, 0.3) is 0 Å². The van der Waals surface area contributed by atoms with Crippen LogP contribution in [0.2, 0.25) is 0 Å². The zero-order valence-electron chi connectivity index (χ0n) is 11.6. The van der Waals surface area contributed by atoms with E-state index < -0.39 is 0 Å². The molecular weight excluding hydrogens is 264 g/mol. The van der Waals surface area contributed by atoms with E-state index in [9.17, 15) is 0 Å². The van der Waals surface area contributed by atoms with E-state index in [0.29, 0.717) is 23.2 Å². The fourth-order valence-corrected chi connectivity index (χ4v) is 1.92. The maximum absolute atomic E-state index is 5.23. The van der Waals surface area contributed by atoms with Crippen LogP contribution in [-0.2, 0) is 4.74 Å². The standard InChI is InChI=1S/C13H20N2O3S/c1-9(8-16-2)14-13(19)15-10-5-6-11(17-3)12(7-10)18-4/h5-7,9H,8H2,1-4H3,(H2,14,15,19). The Bertz CT molecular complexity index is 426. The summed E-state index contributed by atoms with van der Waals surface area (Å²) in [6.07, 6.45) is 0. The minimum atomic E-state index is 0.144. The summed E-state index contributed by atoms with van der Waals surface area (Å²) in [5.74, 6) is 1.33. The second-order valence-corrected chi connectivity index (χ2v) is 4.43. The Labute approximate surface area is 119 Å². The number of benzene rings is 1. The second kappa shape index (κ2) is 7.81. The van der Waals surface area contributed by atoms with E-state index in [1.807, 2.05) is 25.1 Å². The van der Waals surface area contributed by atoms with Gasteiger partial charge in [-0.2, -0.15) is 0 Å². The Hall–Kier alpha value is -1.53. The average Bonchev–Trinajstić information content (AvgIpc) is 2.38. The molecular formula is C13H20N2O3S. The smallest absolute Gasteiger partial charge is 0.171 e. The summed E-state index contributed by atoms with van der Waals surface area (Å²) in [6, 6.07) is 5.66. The maximum atomic E-state index is 5.23. The zero-order valence-corrected chi connectivity index (χ0v) is 12.5. The maximum Gasteiger partial charge on any atom is 0.171 e. The molecule has 0 heterocycles. The van der Waals surface area contributed by atoms with Crippen LogP contribution < -0.4 is 20.1 Å². The van der Waals surface area contributed by atoms with Crippen molar-refractivity contribution in [2.45, 2.75) is 13.0 Å². The van der Waals surface area contributed by atoms with Crippen LogP contribution in [0.1, 0.15) is 6.92 Å². The lowest BCUT2D eigenvalue weighted by molar-refractivity contribution is 0.179. The number of methoxy groups -OCH3 is 3.